The van der Waals surface area contributed by atoms with E-state index in [1.807, 2.05) is 12.1 Å². The highest BCUT2D eigenvalue weighted by atomic mass is 16.5. The highest BCUT2D eigenvalue weighted by molar-refractivity contribution is 5.76. The smallest absolute Gasteiger partial charge is 0.317 e. The van der Waals surface area contributed by atoms with Crippen LogP contribution in [-0.4, -0.2) is 48.7 Å². The molecule has 0 radical (unpaired) electrons. The van der Waals surface area contributed by atoms with Gasteiger partial charge in [0.1, 0.15) is 12.4 Å². The highest BCUT2D eigenvalue weighted by Gasteiger charge is 2.18. The van der Waals surface area contributed by atoms with Crippen molar-refractivity contribution in [1.82, 2.24) is 20.5 Å². The van der Waals surface area contributed by atoms with Crippen molar-refractivity contribution in [3.8, 4) is 5.75 Å². The fourth-order valence-electron chi connectivity index (χ4n) is 2.09. The third-order valence-electron chi connectivity index (χ3n) is 3.23. The van der Waals surface area contributed by atoms with Crippen molar-refractivity contribution in [1.29, 1.82) is 0 Å². The molecule has 2 rings (SSSR count). The fourth-order valence-corrected chi connectivity index (χ4v) is 2.09. The third kappa shape index (κ3) is 5.23. The summed E-state index contributed by atoms with van der Waals surface area (Å²) >= 11 is 0. The minimum absolute atomic E-state index is 0.0108. The normalized spacial score (nSPS) is 14.6. The van der Waals surface area contributed by atoms with Crippen LogP contribution < -0.4 is 15.4 Å². The number of carbonyl (C=O) groups excluding carboxylic acids is 1. The van der Waals surface area contributed by atoms with Gasteiger partial charge in [0.05, 0.1) is 18.4 Å². The number of carbonyl (C=O) groups is 1. The van der Waals surface area contributed by atoms with Crippen molar-refractivity contribution >= 4 is 6.03 Å². The Bertz CT molecular complexity index is 447. The zero-order valence-electron chi connectivity index (χ0n) is 12.8. The first-order chi connectivity index (χ1) is 10.1. The van der Waals surface area contributed by atoms with Crippen LogP contribution in [0.2, 0.25) is 0 Å². The molecule has 0 spiro atoms. The van der Waals surface area contributed by atoms with Crippen LogP contribution in [0.4, 0.5) is 4.79 Å². The molecule has 6 nitrogen and oxygen atoms in total. The number of hydrogen-bond acceptors (Lipinski definition) is 4. The van der Waals surface area contributed by atoms with Crippen molar-refractivity contribution in [2.45, 2.75) is 20.4 Å². The van der Waals surface area contributed by atoms with Gasteiger partial charge < -0.3 is 20.3 Å². The number of rotatable bonds is 8. The van der Waals surface area contributed by atoms with Crippen LogP contribution >= 0.6 is 0 Å². The van der Waals surface area contributed by atoms with Gasteiger partial charge in [-0.3, -0.25) is 4.98 Å². The maximum atomic E-state index is 11.3. The van der Waals surface area contributed by atoms with E-state index >= 15 is 0 Å². The molecule has 1 fully saturated rings. The molecule has 2 amide bonds. The largest absolute Gasteiger partial charge is 0.490 e. The van der Waals surface area contributed by atoms with Crippen LogP contribution in [0.3, 0.4) is 0 Å². The van der Waals surface area contributed by atoms with Gasteiger partial charge in [-0.05, 0) is 24.6 Å². The summed E-state index contributed by atoms with van der Waals surface area (Å²) in [6, 6.07) is 3.87. The van der Waals surface area contributed by atoms with E-state index in [0.717, 1.165) is 37.6 Å². The van der Waals surface area contributed by atoms with Gasteiger partial charge in [0.2, 0.25) is 0 Å². The SMILES string of the molecule is CC(C)CNCc1ccc(OCCN2CCNC2=O)cn1. The molecule has 1 aliphatic rings. The van der Waals surface area contributed by atoms with Crippen LogP contribution in [0.5, 0.6) is 5.75 Å². The Labute approximate surface area is 125 Å². The minimum atomic E-state index is -0.0108. The number of aromatic nitrogens is 1. The first-order valence-electron chi connectivity index (χ1n) is 7.46. The summed E-state index contributed by atoms with van der Waals surface area (Å²) in [4.78, 5) is 17.5. The molecule has 2 heterocycles. The maximum Gasteiger partial charge on any atom is 0.317 e. The van der Waals surface area contributed by atoms with Gasteiger partial charge in [0.25, 0.3) is 0 Å². The zero-order valence-corrected chi connectivity index (χ0v) is 12.8. The Hall–Kier alpha value is -1.82. The molecule has 21 heavy (non-hydrogen) atoms. The Morgan fingerprint density at radius 2 is 2.33 bits per heavy atom. The summed E-state index contributed by atoms with van der Waals surface area (Å²) in [7, 11) is 0. The second kappa shape index (κ2) is 7.83. The molecular formula is C15H24N4O2. The molecule has 2 N–H and O–H groups in total. The minimum Gasteiger partial charge on any atom is -0.490 e. The average Bonchev–Trinajstić information content (AvgIpc) is 2.86. The van der Waals surface area contributed by atoms with Gasteiger partial charge in [-0.15, -0.1) is 0 Å². The van der Waals surface area contributed by atoms with Crippen LogP contribution in [-0.2, 0) is 6.54 Å². The number of nitrogens with one attached hydrogen (secondary N) is 2. The standard InChI is InChI=1S/C15H24N4O2/c1-12(2)9-16-10-13-3-4-14(11-18-13)21-8-7-19-6-5-17-15(19)20/h3-4,11-12,16H,5-10H2,1-2H3,(H,17,20). The van der Waals surface area contributed by atoms with Crippen LogP contribution in [0.25, 0.3) is 0 Å². The molecule has 0 aliphatic carbocycles. The van der Waals surface area contributed by atoms with E-state index < -0.39 is 0 Å². The number of hydrogen-bond donors (Lipinski definition) is 2. The van der Waals surface area contributed by atoms with Gasteiger partial charge in [-0.25, -0.2) is 4.79 Å². The summed E-state index contributed by atoms with van der Waals surface area (Å²) in [5, 5.41) is 6.12. The Morgan fingerprint density at radius 1 is 1.48 bits per heavy atom. The Balaban J connectivity index is 1.68. The van der Waals surface area contributed by atoms with E-state index in [1.54, 1.807) is 11.1 Å². The summed E-state index contributed by atoms with van der Waals surface area (Å²) in [5.74, 6) is 1.37. The number of amides is 2. The van der Waals surface area contributed by atoms with Crippen molar-refractivity contribution in [2.24, 2.45) is 5.92 Å². The fraction of sp³-hybridized carbons (Fsp3) is 0.600. The molecule has 0 aromatic carbocycles. The summed E-state index contributed by atoms with van der Waals surface area (Å²) in [6.45, 7) is 8.67. The third-order valence-corrected chi connectivity index (χ3v) is 3.23. The number of ether oxygens (including phenoxy) is 1. The molecule has 0 bridgehead atoms. The summed E-state index contributed by atoms with van der Waals surface area (Å²) in [6.07, 6.45) is 1.73. The van der Waals surface area contributed by atoms with E-state index in [4.69, 9.17) is 4.74 Å². The molecule has 1 aliphatic heterocycles. The lowest BCUT2D eigenvalue weighted by atomic mass is 10.2. The van der Waals surface area contributed by atoms with Gasteiger partial charge >= 0.3 is 6.03 Å². The van der Waals surface area contributed by atoms with Crippen molar-refractivity contribution < 1.29 is 9.53 Å². The monoisotopic (exact) mass is 292 g/mol. The van der Waals surface area contributed by atoms with Crippen LogP contribution in [0.15, 0.2) is 18.3 Å². The first-order valence-corrected chi connectivity index (χ1v) is 7.46. The topological polar surface area (TPSA) is 66.5 Å². The van der Waals surface area contributed by atoms with E-state index in [-0.39, 0.29) is 6.03 Å². The zero-order chi connectivity index (χ0) is 15.1. The predicted molar refractivity (Wildman–Crippen MR) is 81.2 cm³/mol. The summed E-state index contributed by atoms with van der Waals surface area (Å²) < 4.78 is 5.61. The van der Waals surface area contributed by atoms with Crippen molar-refractivity contribution in [2.75, 3.05) is 32.8 Å². The van der Waals surface area contributed by atoms with Crippen LogP contribution in [0.1, 0.15) is 19.5 Å². The molecule has 0 saturated carbocycles. The van der Waals surface area contributed by atoms with Crippen molar-refractivity contribution in [3.05, 3.63) is 24.0 Å². The van der Waals surface area contributed by atoms with Crippen LogP contribution in [0, 0.1) is 5.92 Å². The molecule has 1 aromatic rings. The van der Waals surface area contributed by atoms with E-state index in [0.29, 0.717) is 19.1 Å². The van der Waals surface area contributed by atoms with Gasteiger partial charge in [0, 0.05) is 19.6 Å². The number of urea groups is 1. The summed E-state index contributed by atoms with van der Waals surface area (Å²) in [5.41, 5.74) is 1.00. The molecule has 1 saturated heterocycles. The molecule has 1 aromatic heterocycles. The lowest BCUT2D eigenvalue weighted by Crippen LogP contribution is -2.31. The number of pyridine rings is 1. The first kappa shape index (κ1) is 15.6. The lowest BCUT2D eigenvalue weighted by Gasteiger charge is -2.14. The van der Waals surface area contributed by atoms with E-state index in [9.17, 15) is 4.79 Å². The molecule has 0 unspecified atom stereocenters. The lowest BCUT2D eigenvalue weighted by molar-refractivity contribution is 0.202. The Morgan fingerprint density at radius 3 is 2.95 bits per heavy atom. The van der Waals surface area contributed by atoms with E-state index in [1.165, 1.54) is 0 Å². The van der Waals surface area contributed by atoms with Crippen molar-refractivity contribution in [3.63, 3.8) is 0 Å². The van der Waals surface area contributed by atoms with E-state index in [2.05, 4.69) is 29.5 Å². The second-order valence-electron chi connectivity index (χ2n) is 5.58. The predicted octanol–water partition coefficient (Wildman–Crippen LogP) is 1.23. The molecule has 6 heteroatoms. The molecule has 116 valence electrons. The van der Waals surface area contributed by atoms with Gasteiger partial charge in [0.15, 0.2) is 0 Å². The molecule has 0 atom stereocenters. The van der Waals surface area contributed by atoms with Gasteiger partial charge in [-0.2, -0.15) is 0 Å². The second-order valence-corrected chi connectivity index (χ2v) is 5.58. The van der Waals surface area contributed by atoms with Gasteiger partial charge in [-0.1, -0.05) is 13.8 Å². The number of nitrogens with zero attached hydrogens (tertiary/aromatic N) is 2. The average molecular weight is 292 g/mol. The molecular weight excluding hydrogens is 268 g/mol. The highest BCUT2D eigenvalue weighted by Crippen LogP contribution is 2.09. The maximum absolute atomic E-state index is 11.3. The Kier molecular flexibility index (Phi) is 5.80. The quantitative estimate of drug-likeness (QED) is 0.756.